The Hall–Kier alpha value is -3.40. The fourth-order valence-electron chi connectivity index (χ4n) is 4.34. The van der Waals surface area contributed by atoms with E-state index in [4.69, 9.17) is 23.2 Å². The Bertz CT molecular complexity index is 1510. The Morgan fingerprint density at radius 2 is 1.55 bits per heavy atom. The summed E-state index contributed by atoms with van der Waals surface area (Å²) in [4.78, 5) is 41.3. The first-order valence-corrected chi connectivity index (χ1v) is 16.1. The molecule has 2 atom stereocenters. The molecule has 11 heteroatoms. The second-order valence-corrected chi connectivity index (χ2v) is 12.8. The Morgan fingerprint density at radius 3 is 2.12 bits per heavy atom. The zero-order valence-electron chi connectivity index (χ0n) is 24.0. The Labute approximate surface area is 257 Å². The summed E-state index contributed by atoms with van der Waals surface area (Å²) in [7, 11) is -3.98. The van der Waals surface area contributed by atoms with Crippen molar-refractivity contribution in [2.75, 3.05) is 17.1 Å². The van der Waals surface area contributed by atoms with Crippen molar-refractivity contribution in [1.82, 2.24) is 10.2 Å². The molecule has 0 aliphatic carbocycles. The van der Waals surface area contributed by atoms with Gasteiger partial charge in [-0.25, -0.2) is 8.42 Å². The van der Waals surface area contributed by atoms with Crippen LogP contribution in [0, 0.1) is 0 Å². The van der Waals surface area contributed by atoms with E-state index in [0.717, 1.165) is 16.1 Å². The minimum atomic E-state index is -3.98. The lowest BCUT2D eigenvalue weighted by molar-refractivity contribution is -0.140. The Balaban J connectivity index is 2.12. The summed E-state index contributed by atoms with van der Waals surface area (Å²) in [6.07, 6.45) is 1.81. The van der Waals surface area contributed by atoms with Crippen LogP contribution in [0.1, 0.15) is 48.7 Å². The lowest BCUT2D eigenvalue weighted by Gasteiger charge is -2.34. The molecule has 0 saturated heterocycles. The second kappa shape index (κ2) is 14.7. The highest BCUT2D eigenvalue weighted by atomic mass is 35.5. The zero-order chi connectivity index (χ0) is 31.0. The van der Waals surface area contributed by atoms with Gasteiger partial charge >= 0.3 is 0 Å². The number of hydrogen-bond donors (Lipinski definition) is 1. The summed E-state index contributed by atoms with van der Waals surface area (Å²) in [5, 5.41) is 3.57. The molecule has 2 amide bonds. The number of Topliss-reactive ketones (excluding diaryl/α,β-unsaturated/α-hetero) is 1. The van der Waals surface area contributed by atoms with Crippen LogP contribution in [0.2, 0.25) is 10.0 Å². The first kappa shape index (κ1) is 33.1. The third kappa shape index (κ3) is 8.80. The van der Waals surface area contributed by atoms with Gasteiger partial charge in [-0.1, -0.05) is 78.7 Å². The SMILES string of the molecule is CCC(C)NC(=O)C(Cc1ccccc1)N(Cc1c(Cl)cccc1Cl)C(=O)CN(c1cccc(C(C)=O)c1)S(C)(=O)=O. The summed E-state index contributed by atoms with van der Waals surface area (Å²) < 4.78 is 26.9. The van der Waals surface area contributed by atoms with Crippen LogP contribution in [0.4, 0.5) is 5.69 Å². The number of carbonyl (C=O) groups is 3. The minimum Gasteiger partial charge on any atom is -0.352 e. The van der Waals surface area contributed by atoms with E-state index < -0.39 is 34.4 Å². The molecule has 3 rings (SSSR count). The van der Waals surface area contributed by atoms with Gasteiger partial charge in [-0.15, -0.1) is 0 Å². The molecular weight excluding hydrogens is 597 g/mol. The molecule has 0 heterocycles. The van der Waals surface area contributed by atoms with Crippen LogP contribution in [0.3, 0.4) is 0 Å². The fourth-order valence-corrected chi connectivity index (χ4v) is 5.70. The predicted octanol–water partition coefficient (Wildman–Crippen LogP) is 5.52. The smallest absolute Gasteiger partial charge is 0.244 e. The van der Waals surface area contributed by atoms with E-state index in [1.165, 1.54) is 24.0 Å². The third-order valence-electron chi connectivity index (χ3n) is 6.88. The highest BCUT2D eigenvalue weighted by Crippen LogP contribution is 2.28. The molecule has 1 N–H and O–H groups in total. The zero-order valence-corrected chi connectivity index (χ0v) is 26.3. The van der Waals surface area contributed by atoms with Crippen LogP contribution in [0.15, 0.2) is 72.8 Å². The highest BCUT2D eigenvalue weighted by molar-refractivity contribution is 7.92. The molecule has 42 heavy (non-hydrogen) atoms. The monoisotopic (exact) mass is 631 g/mol. The van der Waals surface area contributed by atoms with E-state index in [0.29, 0.717) is 27.6 Å². The van der Waals surface area contributed by atoms with E-state index >= 15 is 0 Å². The number of nitrogens with one attached hydrogen (secondary N) is 1. The van der Waals surface area contributed by atoms with Crippen molar-refractivity contribution < 1.29 is 22.8 Å². The van der Waals surface area contributed by atoms with Crippen LogP contribution in [-0.4, -0.2) is 55.8 Å². The Kier molecular flexibility index (Phi) is 11.6. The molecular formula is C31H35Cl2N3O5S. The number of halogens is 2. The molecule has 3 aromatic rings. The van der Waals surface area contributed by atoms with Crippen LogP contribution < -0.4 is 9.62 Å². The molecule has 0 fully saturated rings. The van der Waals surface area contributed by atoms with Crippen molar-refractivity contribution in [1.29, 1.82) is 0 Å². The Morgan fingerprint density at radius 1 is 0.929 bits per heavy atom. The van der Waals surface area contributed by atoms with Gasteiger partial charge < -0.3 is 10.2 Å². The quantitative estimate of drug-likeness (QED) is 0.250. The predicted molar refractivity (Wildman–Crippen MR) is 167 cm³/mol. The second-order valence-electron chi connectivity index (χ2n) is 10.1. The van der Waals surface area contributed by atoms with Gasteiger partial charge in [0.15, 0.2) is 5.78 Å². The van der Waals surface area contributed by atoms with E-state index in [1.807, 2.05) is 44.2 Å². The summed E-state index contributed by atoms with van der Waals surface area (Å²) >= 11 is 13.0. The van der Waals surface area contributed by atoms with E-state index in [1.54, 1.807) is 30.3 Å². The number of benzene rings is 3. The standard InChI is InChI=1S/C31H35Cl2N3O5S/c1-5-21(2)34-31(39)29(17-23-11-7-6-8-12-23)35(19-26-27(32)15-10-16-28(26)33)30(38)20-36(42(4,40)41)25-14-9-13-24(18-25)22(3)37/h6-16,18,21,29H,5,17,19-20H2,1-4H3,(H,34,39). The number of amides is 2. The van der Waals surface area contributed by atoms with Crippen molar-refractivity contribution in [2.24, 2.45) is 0 Å². The normalized spacial score (nSPS) is 12.7. The number of hydrogen-bond acceptors (Lipinski definition) is 5. The lowest BCUT2D eigenvalue weighted by atomic mass is 10.0. The minimum absolute atomic E-state index is 0.145. The molecule has 0 spiro atoms. The summed E-state index contributed by atoms with van der Waals surface area (Å²) in [5.74, 6) is -1.30. The van der Waals surface area contributed by atoms with E-state index in [9.17, 15) is 22.8 Å². The molecule has 0 aromatic heterocycles. The molecule has 0 radical (unpaired) electrons. The third-order valence-corrected chi connectivity index (χ3v) is 8.73. The number of carbonyl (C=O) groups excluding carboxylic acids is 3. The number of sulfonamides is 1. The topological polar surface area (TPSA) is 104 Å². The van der Waals surface area contributed by atoms with Crippen LogP contribution in [-0.2, 0) is 32.6 Å². The maximum absolute atomic E-state index is 14.2. The van der Waals surface area contributed by atoms with Gasteiger partial charge in [0.2, 0.25) is 21.8 Å². The summed E-state index contributed by atoms with van der Waals surface area (Å²) in [6.45, 7) is 4.40. The van der Waals surface area contributed by atoms with Gasteiger partial charge in [-0.3, -0.25) is 18.7 Å². The molecule has 2 unspecified atom stereocenters. The largest absolute Gasteiger partial charge is 0.352 e. The van der Waals surface area contributed by atoms with Gasteiger partial charge in [0.25, 0.3) is 0 Å². The van der Waals surface area contributed by atoms with Gasteiger partial charge in [0.05, 0.1) is 11.9 Å². The number of anilines is 1. The molecule has 3 aromatic carbocycles. The van der Waals surface area contributed by atoms with Gasteiger partial charge in [0, 0.05) is 40.2 Å². The highest BCUT2D eigenvalue weighted by Gasteiger charge is 2.34. The molecule has 0 aliphatic heterocycles. The maximum Gasteiger partial charge on any atom is 0.244 e. The number of ketones is 1. The van der Waals surface area contributed by atoms with E-state index in [-0.39, 0.29) is 30.5 Å². The average molecular weight is 633 g/mol. The van der Waals surface area contributed by atoms with Gasteiger partial charge in [-0.2, -0.15) is 0 Å². The lowest BCUT2D eigenvalue weighted by Crippen LogP contribution is -2.54. The average Bonchev–Trinajstić information content (AvgIpc) is 2.94. The molecule has 0 aliphatic rings. The number of nitrogens with zero attached hydrogens (tertiary/aromatic N) is 2. The van der Waals surface area contributed by atoms with Crippen molar-refractivity contribution in [3.8, 4) is 0 Å². The number of rotatable bonds is 13. The van der Waals surface area contributed by atoms with Crippen molar-refractivity contribution in [2.45, 2.75) is 52.2 Å². The van der Waals surface area contributed by atoms with Crippen molar-refractivity contribution in [3.63, 3.8) is 0 Å². The first-order valence-electron chi connectivity index (χ1n) is 13.5. The van der Waals surface area contributed by atoms with Crippen molar-refractivity contribution in [3.05, 3.63) is 99.5 Å². The summed E-state index contributed by atoms with van der Waals surface area (Å²) in [5.41, 5.74) is 1.67. The van der Waals surface area contributed by atoms with Gasteiger partial charge in [-0.05, 0) is 50.1 Å². The molecule has 224 valence electrons. The molecule has 8 nitrogen and oxygen atoms in total. The van der Waals surface area contributed by atoms with Crippen LogP contribution in [0.5, 0.6) is 0 Å². The van der Waals surface area contributed by atoms with E-state index in [2.05, 4.69) is 5.32 Å². The summed E-state index contributed by atoms with van der Waals surface area (Å²) in [6, 6.07) is 19.0. The maximum atomic E-state index is 14.2. The molecule has 0 bridgehead atoms. The van der Waals surface area contributed by atoms with Gasteiger partial charge in [0.1, 0.15) is 12.6 Å². The molecule has 0 saturated carbocycles. The first-order chi connectivity index (χ1) is 19.8. The van der Waals surface area contributed by atoms with Crippen molar-refractivity contribution >= 4 is 56.5 Å². The van der Waals surface area contributed by atoms with Crippen LogP contribution >= 0.6 is 23.2 Å². The van der Waals surface area contributed by atoms with Crippen LogP contribution in [0.25, 0.3) is 0 Å². The fraction of sp³-hybridized carbons (Fsp3) is 0.323.